The third kappa shape index (κ3) is 4.40. The van der Waals surface area contributed by atoms with Gasteiger partial charge in [-0.3, -0.25) is 4.79 Å². The van der Waals surface area contributed by atoms with Crippen molar-refractivity contribution >= 4 is 28.6 Å². The summed E-state index contributed by atoms with van der Waals surface area (Å²) in [5, 5.41) is 4.93. The van der Waals surface area contributed by atoms with Crippen molar-refractivity contribution in [3.8, 4) is 17.0 Å². The fourth-order valence-electron chi connectivity index (χ4n) is 3.12. The quantitative estimate of drug-likeness (QED) is 0.645. The maximum Gasteiger partial charge on any atom is 0.262 e. The second-order valence-electron chi connectivity index (χ2n) is 7.37. The Balaban J connectivity index is 1.77. The van der Waals surface area contributed by atoms with Gasteiger partial charge in [-0.05, 0) is 54.8 Å². The lowest BCUT2D eigenvalue weighted by Gasteiger charge is -2.19. The lowest BCUT2D eigenvalue weighted by molar-refractivity contribution is -0.118. The second-order valence-corrected chi connectivity index (χ2v) is 8.21. The highest BCUT2D eigenvalue weighted by molar-refractivity contribution is 7.07. The van der Waals surface area contributed by atoms with E-state index in [4.69, 9.17) is 9.73 Å². The van der Waals surface area contributed by atoms with Crippen molar-refractivity contribution in [1.82, 2.24) is 4.57 Å². The van der Waals surface area contributed by atoms with Crippen LogP contribution < -0.4 is 14.9 Å². The summed E-state index contributed by atoms with van der Waals surface area (Å²) in [5.41, 5.74) is 3.40. The Bertz CT molecular complexity index is 1100. The van der Waals surface area contributed by atoms with E-state index in [9.17, 15) is 9.18 Å². The van der Waals surface area contributed by atoms with Crippen LogP contribution in [0.2, 0.25) is 0 Å². The molecular weight excluding hydrogens is 389 g/mol. The maximum absolute atomic E-state index is 13.2. The van der Waals surface area contributed by atoms with E-state index in [2.05, 4.69) is 29.1 Å². The number of carbonyl (C=O) groups excluding carboxylic acids is 1. The lowest BCUT2D eigenvalue weighted by Crippen LogP contribution is -2.25. The normalized spacial score (nSPS) is 13.9. The number of amides is 1. The summed E-state index contributed by atoms with van der Waals surface area (Å²) in [6, 6.07) is 12.0. The van der Waals surface area contributed by atoms with Crippen LogP contribution in [0.4, 0.5) is 15.8 Å². The molecular formula is C22H22FN3O2S. The second kappa shape index (κ2) is 8.21. The van der Waals surface area contributed by atoms with Gasteiger partial charge in [0.1, 0.15) is 11.6 Å². The Morgan fingerprint density at radius 1 is 1.24 bits per heavy atom. The number of aromatic nitrogens is 1. The summed E-state index contributed by atoms with van der Waals surface area (Å²) in [4.78, 5) is 17.2. The van der Waals surface area contributed by atoms with Crippen molar-refractivity contribution in [2.45, 2.75) is 26.8 Å². The van der Waals surface area contributed by atoms with Gasteiger partial charge in [-0.1, -0.05) is 13.8 Å². The zero-order valence-electron chi connectivity index (χ0n) is 16.3. The average Bonchev–Trinajstić information content (AvgIpc) is 3.10. The Hall–Kier alpha value is -2.93. The Labute approximate surface area is 172 Å². The Morgan fingerprint density at radius 3 is 2.79 bits per heavy atom. The van der Waals surface area contributed by atoms with Crippen LogP contribution in [-0.4, -0.2) is 17.1 Å². The predicted octanol–water partition coefficient (Wildman–Crippen LogP) is 4.97. The molecule has 0 spiro atoms. The average molecular weight is 412 g/mol. The van der Waals surface area contributed by atoms with Crippen molar-refractivity contribution in [2.75, 3.05) is 11.9 Å². The predicted molar refractivity (Wildman–Crippen MR) is 113 cm³/mol. The fourth-order valence-corrected chi connectivity index (χ4v) is 4.08. The van der Waals surface area contributed by atoms with Gasteiger partial charge in [0.05, 0.1) is 17.1 Å². The first-order valence-corrected chi connectivity index (χ1v) is 10.4. The molecule has 1 N–H and O–H groups in total. The largest absolute Gasteiger partial charge is 0.482 e. The summed E-state index contributed by atoms with van der Waals surface area (Å²) < 4.78 is 20.9. The van der Waals surface area contributed by atoms with Crippen LogP contribution in [0, 0.1) is 11.7 Å². The highest BCUT2D eigenvalue weighted by atomic mass is 32.1. The summed E-state index contributed by atoms with van der Waals surface area (Å²) in [5.74, 6) is 0.792. The van der Waals surface area contributed by atoms with E-state index in [0.717, 1.165) is 29.0 Å². The summed E-state index contributed by atoms with van der Waals surface area (Å²) >= 11 is 1.54. The minimum Gasteiger partial charge on any atom is -0.482 e. The zero-order chi connectivity index (χ0) is 20.4. The molecule has 1 aliphatic heterocycles. The molecule has 1 aliphatic rings. The number of carbonyl (C=O) groups is 1. The van der Waals surface area contributed by atoms with Crippen molar-refractivity contribution in [3.05, 3.63) is 58.5 Å². The third-order valence-corrected chi connectivity index (χ3v) is 5.55. The van der Waals surface area contributed by atoms with Crippen molar-refractivity contribution < 1.29 is 13.9 Å². The monoisotopic (exact) mass is 411 g/mol. The molecule has 1 amide bonds. The number of nitrogens with one attached hydrogen (secondary N) is 1. The van der Waals surface area contributed by atoms with E-state index >= 15 is 0 Å². The lowest BCUT2D eigenvalue weighted by atomic mass is 10.1. The van der Waals surface area contributed by atoms with Gasteiger partial charge in [0.15, 0.2) is 11.4 Å². The first-order chi connectivity index (χ1) is 14.0. The summed E-state index contributed by atoms with van der Waals surface area (Å²) in [6.45, 7) is 5.24. The van der Waals surface area contributed by atoms with Crippen molar-refractivity contribution in [3.63, 3.8) is 0 Å². The van der Waals surface area contributed by atoms with Crippen LogP contribution in [-0.2, 0) is 11.3 Å². The minimum absolute atomic E-state index is 0.0416. The number of fused-ring (bicyclic) bond motifs is 1. The van der Waals surface area contributed by atoms with E-state index < -0.39 is 0 Å². The maximum atomic E-state index is 13.2. The number of nitrogens with zero attached hydrogens (tertiary/aromatic N) is 2. The molecule has 4 rings (SSSR count). The number of thiazole rings is 1. The molecule has 7 heteroatoms. The molecule has 3 aromatic rings. The molecule has 0 radical (unpaired) electrons. The standard InChI is InChI=1S/C22H22FN3O2S/c1-14(2)9-10-26-19(13-29-22(26)24-17-6-4-16(23)5-7-17)15-3-8-20-18(11-15)25-21(27)12-28-20/h3-8,11,13-14H,9-10,12H2,1-2H3,(H,25,27). The van der Waals surface area contributed by atoms with Crippen LogP contribution in [0.5, 0.6) is 5.75 Å². The van der Waals surface area contributed by atoms with Crippen LogP contribution >= 0.6 is 11.3 Å². The molecule has 0 atom stereocenters. The van der Waals surface area contributed by atoms with Gasteiger partial charge in [-0.15, -0.1) is 11.3 Å². The number of halogens is 1. The van der Waals surface area contributed by atoms with Gasteiger partial charge in [0, 0.05) is 17.5 Å². The van der Waals surface area contributed by atoms with E-state index in [1.807, 2.05) is 18.2 Å². The molecule has 29 heavy (non-hydrogen) atoms. The first-order valence-electron chi connectivity index (χ1n) is 9.55. The van der Waals surface area contributed by atoms with Crippen LogP contribution in [0.15, 0.2) is 52.8 Å². The molecule has 0 saturated heterocycles. The van der Waals surface area contributed by atoms with Crippen LogP contribution in [0.1, 0.15) is 20.3 Å². The number of ether oxygens (including phenoxy) is 1. The van der Waals surface area contributed by atoms with Crippen LogP contribution in [0.3, 0.4) is 0 Å². The molecule has 0 aliphatic carbocycles. The number of rotatable bonds is 5. The van der Waals surface area contributed by atoms with E-state index in [1.54, 1.807) is 23.5 Å². The molecule has 0 saturated carbocycles. The smallest absolute Gasteiger partial charge is 0.262 e. The summed E-state index contributed by atoms with van der Waals surface area (Å²) in [6.07, 6.45) is 1.01. The molecule has 0 unspecified atom stereocenters. The van der Waals surface area contributed by atoms with Gasteiger partial charge < -0.3 is 14.6 Å². The molecule has 1 aromatic heterocycles. The number of hydrogen-bond acceptors (Lipinski definition) is 4. The van der Waals surface area contributed by atoms with Crippen molar-refractivity contribution in [2.24, 2.45) is 10.9 Å². The van der Waals surface area contributed by atoms with Gasteiger partial charge in [0.2, 0.25) is 0 Å². The Kier molecular flexibility index (Phi) is 5.49. The number of benzene rings is 2. The van der Waals surface area contributed by atoms with Crippen molar-refractivity contribution in [1.29, 1.82) is 0 Å². The van der Waals surface area contributed by atoms with Crippen LogP contribution in [0.25, 0.3) is 11.3 Å². The molecule has 2 heterocycles. The topological polar surface area (TPSA) is 55.6 Å². The first kappa shape index (κ1) is 19.4. The molecule has 5 nitrogen and oxygen atoms in total. The molecule has 2 aromatic carbocycles. The summed E-state index contributed by atoms with van der Waals surface area (Å²) in [7, 11) is 0. The minimum atomic E-state index is -0.276. The molecule has 0 fully saturated rings. The van der Waals surface area contributed by atoms with E-state index in [0.29, 0.717) is 23.0 Å². The molecule has 150 valence electrons. The van der Waals surface area contributed by atoms with Gasteiger partial charge in [0.25, 0.3) is 5.91 Å². The molecule has 0 bridgehead atoms. The van der Waals surface area contributed by atoms with E-state index in [-0.39, 0.29) is 18.3 Å². The van der Waals surface area contributed by atoms with E-state index in [1.165, 1.54) is 12.1 Å². The number of anilines is 1. The Morgan fingerprint density at radius 2 is 2.03 bits per heavy atom. The SMILES string of the molecule is CC(C)CCn1c(-c2ccc3c(c2)NC(=O)CO3)csc1=Nc1ccc(F)cc1. The highest BCUT2D eigenvalue weighted by Gasteiger charge is 2.18. The fraction of sp³-hybridized carbons (Fsp3) is 0.273. The van der Waals surface area contributed by atoms with Gasteiger partial charge >= 0.3 is 0 Å². The zero-order valence-corrected chi connectivity index (χ0v) is 17.1. The number of hydrogen-bond donors (Lipinski definition) is 1. The van der Waals surface area contributed by atoms with Gasteiger partial charge in [-0.25, -0.2) is 9.38 Å². The highest BCUT2D eigenvalue weighted by Crippen LogP contribution is 2.33. The third-order valence-electron chi connectivity index (χ3n) is 4.69. The van der Waals surface area contributed by atoms with Gasteiger partial charge in [-0.2, -0.15) is 0 Å².